The zero-order valence-electron chi connectivity index (χ0n) is 13.5. The Kier molecular flexibility index (Phi) is 3.65. The number of aryl methyl sites for hydroxylation is 1. The van der Waals surface area contributed by atoms with E-state index < -0.39 is 0 Å². The molecule has 0 aliphatic carbocycles. The quantitative estimate of drug-likeness (QED) is 0.739. The van der Waals surface area contributed by atoms with Crippen molar-refractivity contribution in [2.45, 2.75) is 26.2 Å². The molecular weight excluding hydrogens is 311 g/mol. The number of halogens is 1. The summed E-state index contributed by atoms with van der Waals surface area (Å²) in [6.45, 7) is 5.19. The Morgan fingerprint density at radius 3 is 2.71 bits per heavy atom. The van der Waals surface area contributed by atoms with Gasteiger partial charge in [0.1, 0.15) is 5.82 Å². The van der Waals surface area contributed by atoms with Crippen molar-refractivity contribution in [2.24, 2.45) is 0 Å². The van der Waals surface area contributed by atoms with Crippen LogP contribution in [0.3, 0.4) is 0 Å². The molecule has 2 aromatic heterocycles. The van der Waals surface area contributed by atoms with Crippen LogP contribution in [0.5, 0.6) is 0 Å². The summed E-state index contributed by atoms with van der Waals surface area (Å²) in [6, 6.07) is 6.20. The third-order valence-corrected chi connectivity index (χ3v) is 4.31. The van der Waals surface area contributed by atoms with Gasteiger partial charge in [-0.05, 0) is 44.5 Å². The van der Waals surface area contributed by atoms with Gasteiger partial charge in [0.2, 0.25) is 0 Å². The highest BCUT2D eigenvalue weighted by Gasteiger charge is 2.26. The average Bonchev–Trinajstić information content (AvgIpc) is 3.28. The predicted molar refractivity (Wildman–Crippen MR) is 84.5 cm³/mol. The lowest BCUT2D eigenvalue weighted by Gasteiger charge is -2.04. The van der Waals surface area contributed by atoms with E-state index in [1.54, 1.807) is 16.8 Å². The number of benzene rings is 1. The maximum Gasteiger partial charge on any atom is 0.261 e. The van der Waals surface area contributed by atoms with Gasteiger partial charge >= 0.3 is 0 Å². The molecule has 0 saturated carbocycles. The minimum absolute atomic E-state index is 0.190. The molecule has 0 N–H and O–H groups in total. The molecule has 24 heavy (non-hydrogen) atoms. The van der Waals surface area contributed by atoms with Crippen molar-refractivity contribution in [1.82, 2.24) is 19.9 Å². The molecular formula is C17H17FN4O2. The summed E-state index contributed by atoms with van der Waals surface area (Å²) in [7, 11) is 0. The van der Waals surface area contributed by atoms with Crippen LogP contribution in [0.25, 0.3) is 17.1 Å². The van der Waals surface area contributed by atoms with E-state index in [0.29, 0.717) is 18.3 Å². The highest BCUT2D eigenvalue weighted by molar-refractivity contribution is 5.61. The number of rotatable bonds is 3. The van der Waals surface area contributed by atoms with Gasteiger partial charge in [-0.25, -0.2) is 9.07 Å². The van der Waals surface area contributed by atoms with E-state index in [1.807, 2.05) is 13.8 Å². The molecule has 4 rings (SSSR count). The third kappa shape index (κ3) is 2.50. The standard InChI is InChI=1S/C17H17FN4O2/c1-10-15(17-19-16(21-24-17)12-7-8-23-9-12)11(2)22(20-10)14-5-3-13(18)4-6-14/h3-6,12H,7-9H2,1-2H3. The third-order valence-electron chi connectivity index (χ3n) is 4.31. The zero-order valence-corrected chi connectivity index (χ0v) is 13.5. The molecule has 0 bridgehead atoms. The zero-order chi connectivity index (χ0) is 16.7. The van der Waals surface area contributed by atoms with Gasteiger partial charge in [-0.1, -0.05) is 5.16 Å². The molecule has 0 amide bonds. The first-order chi connectivity index (χ1) is 11.6. The van der Waals surface area contributed by atoms with E-state index >= 15 is 0 Å². The molecule has 1 aromatic carbocycles. The van der Waals surface area contributed by atoms with Gasteiger partial charge in [0.15, 0.2) is 5.82 Å². The largest absolute Gasteiger partial charge is 0.381 e. The summed E-state index contributed by atoms with van der Waals surface area (Å²) in [5, 5.41) is 8.63. The highest BCUT2D eigenvalue weighted by atomic mass is 19.1. The monoisotopic (exact) mass is 328 g/mol. The first-order valence-corrected chi connectivity index (χ1v) is 7.87. The maximum atomic E-state index is 13.1. The van der Waals surface area contributed by atoms with Gasteiger partial charge < -0.3 is 9.26 Å². The van der Waals surface area contributed by atoms with E-state index in [-0.39, 0.29) is 11.7 Å². The van der Waals surface area contributed by atoms with E-state index in [1.165, 1.54) is 12.1 Å². The number of hydrogen-bond donors (Lipinski definition) is 0. The van der Waals surface area contributed by atoms with Crippen LogP contribution in [0.2, 0.25) is 0 Å². The fourth-order valence-electron chi connectivity index (χ4n) is 3.03. The van der Waals surface area contributed by atoms with Crippen molar-refractivity contribution in [3.63, 3.8) is 0 Å². The van der Waals surface area contributed by atoms with Crippen LogP contribution in [0.15, 0.2) is 28.8 Å². The first kappa shape index (κ1) is 15.0. The molecule has 1 atom stereocenters. The maximum absolute atomic E-state index is 13.1. The second-order valence-electron chi connectivity index (χ2n) is 5.95. The lowest BCUT2D eigenvalue weighted by molar-refractivity contribution is 0.192. The summed E-state index contributed by atoms with van der Waals surface area (Å²) in [5.74, 6) is 1.05. The second kappa shape index (κ2) is 5.83. The van der Waals surface area contributed by atoms with Crippen molar-refractivity contribution in [3.05, 3.63) is 47.3 Å². The van der Waals surface area contributed by atoms with Crippen LogP contribution in [0.4, 0.5) is 4.39 Å². The lowest BCUT2D eigenvalue weighted by atomic mass is 10.1. The average molecular weight is 328 g/mol. The molecule has 1 aliphatic heterocycles. The van der Waals surface area contributed by atoms with Gasteiger partial charge in [0.25, 0.3) is 5.89 Å². The highest BCUT2D eigenvalue weighted by Crippen LogP contribution is 2.30. The van der Waals surface area contributed by atoms with Crippen LogP contribution in [0, 0.1) is 19.7 Å². The summed E-state index contributed by atoms with van der Waals surface area (Å²) < 4.78 is 25.7. The molecule has 0 radical (unpaired) electrons. The molecule has 0 spiro atoms. The molecule has 1 fully saturated rings. The molecule has 1 saturated heterocycles. The number of hydrogen-bond acceptors (Lipinski definition) is 5. The minimum atomic E-state index is -0.277. The fraction of sp³-hybridized carbons (Fsp3) is 0.353. The topological polar surface area (TPSA) is 66.0 Å². The predicted octanol–water partition coefficient (Wildman–Crippen LogP) is 3.18. The van der Waals surface area contributed by atoms with Crippen LogP contribution in [-0.4, -0.2) is 33.1 Å². The minimum Gasteiger partial charge on any atom is -0.381 e. The Morgan fingerprint density at radius 1 is 1.21 bits per heavy atom. The summed E-state index contributed by atoms with van der Waals surface area (Å²) in [4.78, 5) is 4.53. The Bertz CT molecular complexity index is 863. The van der Waals surface area contributed by atoms with E-state index in [9.17, 15) is 4.39 Å². The molecule has 7 heteroatoms. The van der Waals surface area contributed by atoms with Crippen LogP contribution >= 0.6 is 0 Å². The molecule has 1 unspecified atom stereocenters. The molecule has 6 nitrogen and oxygen atoms in total. The van der Waals surface area contributed by atoms with Crippen molar-refractivity contribution in [1.29, 1.82) is 0 Å². The number of nitrogens with zero attached hydrogens (tertiary/aromatic N) is 4. The SMILES string of the molecule is Cc1nn(-c2ccc(F)cc2)c(C)c1-c1nc(C2CCOC2)no1. The van der Waals surface area contributed by atoms with Crippen molar-refractivity contribution < 1.29 is 13.7 Å². The van der Waals surface area contributed by atoms with Gasteiger partial charge in [-0.3, -0.25) is 0 Å². The van der Waals surface area contributed by atoms with Gasteiger partial charge in [0, 0.05) is 12.5 Å². The van der Waals surface area contributed by atoms with E-state index in [0.717, 1.165) is 35.7 Å². The molecule has 1 aliphatic rings. The van der Waals surface area contributed by atoms with E-state index in [4.69, 9.17) is 9.26 Å². The Balaban J connectivity index is 1.72. The second-order valence-corrected chi connectivity index (χ2v) is 5.95. The Labute approximate surface area is 138 Å². The van der Waals surface area contributed by atoms with Crippen LogP contribution in [-0.2, 0) is 4.74 Å². The normalized spacial score (nSPS) is 17.5. The van der Waals surface area contributed by atoms with Crippen LogP contribution in [0.1, 0.15) is 29.6 Å². The van der Waals surface area contributed by atoms with Gasteiger partial charge in [0.05, 0.1) is 29.2 Å². The first-order valence-electron chi connectivity index (χ1n) is 7.87. The van der Waals surface area contributed by atoms with Crippen LogP contribution < -0.4 is 0 Å². The Morgan fingerprint density at radius 2 is 2.00 bits per heavy atom. The van der Waals surface area contributed by atoms with E-state index in [2.05, 4.69) is 15.2 Å². The summed E-state index contributed by atoms with van der Waals surface area (Å²) >= 11 is 0. The van der Waals surface area contributed by atoms with Crippen molar-refractivity contribution >= 4 is 0 Å². The summed E-state index contributed by atoms with van der Waals surface area (Å²) in [6.07, 6.45) is 0.909. The summed E-state index contributed by atoms with van der Waals surface area (Å²) in [5.41, 5.74) is 3.26. The Hall–Kier alpha value is -2.54. The smallest absolute Gasteiger partial charge is 0.261 e. The van der Waals surface area contributed by atoms with Gasteiger partial charge in [-0.2, -0.15) is 10.1 Å². The molecule has 3 heterocycles. The fourth-order valence-corrected chi connectivity index (χ4v) is 3.03. The number of aromatic nitrogens is 4. The lowest BCUT2D eigenvalue weighted by Crippen LogP contribution is -2.00. The van der Waals surface area contributed by atoms with Crippen molar-refractivity contribution in [2.75, 3.05) is 13.2 Å². The molecule has 3 aromatic rings. The van der Waals surface area contributed by atoms with Crippen molar-refractivity contribution in [3.8, 4) is 17.1 Å². The van der Waals surface area contributed by atoms with Gasteiger partial charge in [-0.15, -0.1) is 0 Å². The number of ether oxygens (including phenoxy) is 1. The molecule has 124 valence electrons.